The van der Waals surface area contributed by atoms with Crippen LogP contribution >= 0.6 is 27.5 Å². The second kappa shape index (κ2) is 3.04. The Morgan fingerprint density at radius 1 is 1.25 bits per heavy atom. The molecule has 0 aliphatic carbocycles. The third-order valence-electron chi connectivity index (χ3n) is 1.66. The van der Waals surface area contributed by atoms with E-state index < -0.39 is 0 Å². The van der Waals surface area contributed by atoms with E-state index in [0.29, 0.717) is 5.15 Å². The minimum absolute atomic E-state index is 0.514. The quantitative estimate of drug-likeness (QED) is 0.643. The lowest BCUT2D eigenvalue weighted by Crippen LogP contribution is -1.79. The Labute approximate surface area is 83.5 Å². The zero-order valence-electron chi connectivity index (χ0n) is 6.09. The fourth-order valence-electron chi connectivity index (χ4n) is 1.13. The van der Waals surface area contributed by atoms with Crippen LogP contribution in [0.5, 0.6) is 0 Å². The summed E-state index contributed by atoms with van der Waals surface area (Å²) in [5.74, 6) is 0. The van der Waals surface area contributed by atoms with Crippen LogP contribution in [-0.2, 0) is 0 Å². The highest BCUT2D eigenvalue weighted by Crippen LogP contribution is 2.24. The molecule has 2 aromatic rings. The number of pyridine rings is 1. The topological polar surface area (TPSA) is 12.9 Å². The Kier molecular flexibility index (Phi) is 2.03. The van der Waals surface area contributed by atoms with Crippen LogP contribution in [0.25, 0.3) is 10.8 Å². The van der Waals surface area contributed by atoms with Gasteiger partial charge in [-0.3, -0.25) is 0 Å². The van der Waals surface area contributed by atoms with Gasteiger partial charge in [0.1, 0.15) is 9.76 Å². The summed E-state index contributed by atoms with van der Waals surface area (Å²) in [5.41, 5.74) is 0. The van der Waals surface area contributed by atoms with Crippen molar-refractivity contribution < 1.29 is 0 Å². The van der Waals surface area contributed by atoms with Gasteiger partial charge < -0.3 is 0 Å². The van der Waals surface area contributed by atoms with Crippen molar-refractivity contribution in [1.82, 2.24) is 4.98 Å². The molecule has 0 radical (unpaired) electrons. The number of nitrogens with zero attached hydrogens (tertiary/aromatic N) is 1. The van der Waals surface area contributed by atoms with Crippen molar-refractivity contribution in [3.05, 3.63) is 40.1 Å². The SMILES string of the molecule is Clc1cc2ccccc2c(Br)n1. The van der Waals surface area contributed by atoms with E-state index in [0.717, 1.165) is 15.4 Å². The van der Waals surface area contributed by atoms with Gasteiger partial charge in [0, 0.05) is 5.39 Å². The van der Waals surface area contributed by atoms with Crippen molar-refractivity contribution in [2.24, 2.45) is 0 Å². The summed E-state index contributed by atoms with van der Waals surface area (Å²) in [7, 11) is 0. The molecule has 0 aliphatic heterocycles. The summed E-state index contributed by atoms with van der Waals surface area (Å²) in [6.07, 6.45) is 0. The van der Waals surface area contributed by atoms with E-state index in [2.05, 4.69) is 20.9 Å². The van der Waals surface area contributed by atoms with Crippen LogP contribution in [0.1, 0.15) is 0 Å². The highest BCUT2D eigenvalue weighted by molar-refractivity contribution is 9.10. The highest BCUT2D eigenvalue weighted by Gasteiger charge is 1.99. The second-order valence-electron chi connectivity index (χ2n) is 2.46. The summed E-state index contributed by atoms with van der Waals surface area (Å²) in [4.78, 5) is 4.08. The van der Waals surface area contributed by atoms with Crippen LogP contribution < -0.4 is 0 Å². The number of benzene rings is 1. The van der Waals surface area contributed by atoms with Crippen molar-refractivity contribution in [3.8, 4) is 0 Å². The van der Waals surface area contributed by atoms with Crippen molar-refractivity contribution >= 4 is 38.3 Å². The van der Waals surface area contributed by atoms with Crippen LogP contribution in [-0.4, -0.2) is 4.98 Å². The molecule has 0 saturated heterocycles. The van der Waals surface area contributed by atoms with E-state index in [1.165, 1.54) is 0 Å². The first-order chi connectivity index (χ1) is 5.77. The molecule has 0 fully saturated rings. The lowest BCUT2D eigenvalue weighted by Gasteiger charge is -1.99. The summed E-state index contributed by atoms with van der Waals surface area (Å²) < 4.78 is 0.797. The maximum absolute atomic E-state index is 5.78. The van der Waals surface area contributed by atoms with Gasteiger partial charge in [-0.15, -0.1) is 0 Å². The fourth-order valence-corrected chi connectivity index (χ4v) is 1.98. The summed E-state index contributed by atoms with van der Waals surface area (Å²) in [6.45, 7) is 0. The first-order valence-corrected chi connectivity index (χ1v) is 4.65. The molecule has 0 amide bonds. The number of rotatable bonds is 0. The molecule has 0 aliphatic rings. The number of fused-ring (bicyclic) bond motifs is 1. The average Bonchev–Trinajstić information content (AvgIpc) is 2.04. The lowest BCUT2D eigenvalue weighted by molar-refractivity contribution is 1.31. The number of hydrogen-bond donors (Lipinski definition) is 0. The molecule has 1 heterocycles. The molecule has 0 unspecified atom stereocenters. The molecule has 2 rings (SSSR count). The Hall–Kier alpha value is -0.600. The van der Waals surface area contributed by atoms with Crippen LogP contribution in [0.4, 0.5) is 0 Å². The molecule has 1 aromatic heterocycles. The molecule has 1 nitrogen and oxygen atoms in total. The van der Waals surface area contributed by atoms with Crippen molar-refractivity contribution in [1.29, 1.82) is 0 Å². The van der Waals surface area contributed by atoms with Gasteiger partial charge in [0.05, 0.1) is 0 Å². The third-order valence-corrected chi connectivity index (χ3v) is 2.46. The van der Waals surface area contributed by atoms with E-state index >= 15 is 0 Å². The van der Waals surface area contributed by atoms with Gasteiger partial charge in [0.2, 0.25) is 0 Å². The monoisotopic (exact) mass is 241 g/mol. The largest absolute Gasteiger partial charge is 0.229 e. The molecule has 3 heteroatoms. The van der Waals surface area contributed by atoms with Gasteiger partial charge in [0.25, 0.3) is 0 Å². The van der Waals surface area contributed by atoms with Crippen LogP contribution in [0.15, 0.2) is 34.9 Å². The third kappa shape index (κ3) is 1.32. The van der Waals surface area contributed by atoms with E-state index in [1.54, 1.807) is 0 Å². The maximum atomic E-state index is 5.78. The van der Waals surface area contributed by atoms with Gasteiger partial charge in [0.15, 0.2) is 0 Å². The summed E-state index contributed by atoms with van der Waals surface area (Å²) in [6, 6.07) is 9.81. The lowest BCUT2D eigenvalue weighted by atomic mass is 10.2. The van der Waals surface area contributed by atoms with E-state index in [4.69, 9.17) is 11.6 Å². The molecule has 0 N–H and O–H groups in total. The molecule has 12 heavy (non-hydrogen) atoms. The average molecular weight is 243 g/mol. The van der Waals surface area contributed by atoms with Crippen molar-refractivity contribution in [2.45, 2.75) is 0 Å². The maximum Gasteiger partial charge on any atom is 0.131 e. The Bertz CT molecular complexity index is 428. The van der Waals surface area contributed by atoms with Gasteiger partial charge >= 0.3 is 0 Å². The molecule has 60 valence electrons. The second-order valence-corrected chi connectivity index (χ2v) is 3.60. The molecule has 1 aromatic carbocycles. The minimum atomic E-state index is 0.514. The van der Waals surface area contributed by atoms with E-state index in [9.17, 15) is 0 Å². The number of halogens is 2. The van der Waals surface area contributed by atoms with Crippen LogP contribution in [0, 0.1) is 0 Å². The van der Waals surface area contributed by atoms with E-state index in [-0.39, 0.29) is 0 Å². The normalized spacial score (nSPS) is 10.5. The Balaban J connectivity index is 2.89. The van der Waals surface area contributed by atoms with Crippen LogP contribution in [0.3, 0.4) is 0 Å². The standard InChI is InChI=1S/C9H5BrClN/c10-9-7-4-2-1-3-6(7)5-8(11)12-9/h1-5H. The molecule has 0 atom stereocenters. The van der Waals surface area contributed by atoms with Gasteiger partial charge in [-0.05, 0) is 27.4 Å². The van der Waals surface area contributed by atoms with Crippen molar-refractivity contribution in [2.75, 3.05) is 0 Å². The molecular formula is C9H5BrClN. The molecule has 0 spiro atoms. The molecular weight excluding hydrogens is 237 g/mol. The smallest absolute Gasteiger partial charge is 0.131 e. The highest BCUT2D eigenvalue weighted by atomic mass is 79.9. The summed E-state index contributed by atoms with van der Waals surface area (Å²) in [5, 5.41) is 2.70. The minimum Gasteiger partial charge on any atom is -0.229 e. The Morgan fingerprint density at radius 3 is 2.83 bits per heavy atom. The fraction of sp³-hybridized carbons (Fsp3) is 0. The van der Waals surface area contributed by atoms with Gasteiger partial charge in [-0.1, -0.05) is 35.9 Å². The van der Waals surface area contributed by atoms with Gasteiger partial charge in [-0.2, -0.15) is 0 Å². The zero-order valence-corrected chi connectivity index (χ0v) is 8.43. The Morgan fingerprint density at radius 2 is 2.00 bits per heavy atom. The zero-order chi connectivity index (χ0) is 8.55. The molecule has 0 saturated carbocycles. The molecule has 0 bridgehead atoms. The van der Waals surface area contributed by atoms with Crippen molar-refractivity contribution in [3.63, 3.8) is 0 Å². The summed E-state index contributed by atoms with van der Waals surface area (Å²) >= 11 is 9.13. The first-order valence-electron chi connectivity index (χ1n) is 3.48. The predicted octanol–water partition coefficient (Wildman–Crippen LogP) is 3.65. The van der Waals surface area contributed by atoms with E-state index in [1.807, 2.05) is 30.3 Å². The van der Waals surface area contributed by atoms with Crippen LogP contribution in [0.2, 0.25) is 5.15 Å². The number of aromatic nitrogens is 1. The first kappa shape index (κ1) is 8.02. The van der Waals surface area contributed by atoms with Gasteiger partial charge in [-0.25, -0.2) is 4.98 Å². The predicted molar refractivity (Wildman–Crippen MR) is 54.5 cm³/mol. The number of hydrogen-bond acceptors (Lipinski definition) is 1.